The van der Waals surface area contributed by atoms with E-state index in [9.17, 15) is 10.1 Å². The SMILES string of the molecule is COc1ccc(-c2cc(C)[nH]c(=O)c2C#N)cc1COc1c(Cl)cccc1Cl. The number of benzene rings is 2. The molecular weight excluding hydrogens is 399 g/mol. The summed E-state index contributed by atoms with van der Waals surface area (Å²) < 4.78 is 11.2. The maximum Gasteiger partial charge on any atom is 0.266 e. The second-order valence-electron chi connectivity index (χ2n) is 6.05. The number of aryl methyl sites for hydroxylation is 1. The van der Waals surface area contributed by atoms with E-state index in [2.05, 4.69) is 4.98 Å². The lowest BCUT2D eigenvalue weighted by Gasteiger charge is -2.14. The van der Waals surface area contributed by atoms with Crippen molar-refractivity contribution in [3.8, 4) is 28.7 Å². The molecule has 0 atom stereocenters. The van der Waals surface area contributed by atoms with E-state index in [1.165, 1.54) is 0 Å². The quantitative estimate of drug-likeness (QED) is 0.628. The highest BCUT2D eigenvalue weighted by Gasteiger charge is 2.14. The lowest BCUT2D eigenvalue weighted by molar-refractivity contribution is 0.297. The summed E-state index contributed by atoms with van der Waals surface area (Å²) in [5.41, 5.74) is 2.26. The van der Waals surface area contributed by atoms with Crippen LogP contribution in [0.1, 0.15) is 16.8 Å². The minimum atomic E-state index is -0.422. The summed E-state index contributed by atoms with van der Waals surface area (Å²) in [6, 6.07) is 14.2. The van der Waals surface area contributed by atoms with Crippen LogP contribution in [-0.2, 0) is 6.61 Å². The van der Waals surface area contributed by atoms with E-state index in [0.29, 0.717) is 38.4 Å². The molecule has 0 saturated heterocycles. The Bertz CT molecular complexity index is 1110. The number of pyridine rings is 1. The first-order valence-electron chi connectivity index (χ1n) is 8.32. The first kappa shape index (κ1) is 19.8. The van der Waals surface area contributed by atoms with Crippen LogP contribution in [0, 0.1) is 18.3 Å². The number of ether oxygens (including phenoxy) is 2. The Kier molecular flexibility index (Phi) is 5.93. The number of para-hydroxylation sites is 1. The van der Waals surface area contributed by atoms with E-state index in [-0.39, 0.29) is 12.2 Å². The highest BCUT2D eigenvalue weighted by Crippen LogP contribution is 2.34. The molecule has 7 heteroatoms. The molecule has 28 heavy (non-hydrogen) atoms. The van der Waals surface area contributed by atoms with Crippen molar-refractivity contribution in [2.24, 2.45) is 0 Å². The molecule has 0 radical (unpaired) electrons. The molecule has 0 aliphatic carbocycles. The lowest BCUT2D eigenvalue weighted by atomic mass is 9.99. The van der Waals surface area contributed by atoms with Gasteiger partial charge in [-0.3, -0.25) is 4.79 Å². The maximum absolute atomic E-state index is 12.1. The van der Waals surface area contributed by atoms with Crippen LogP contribution in [0.2, 0.25) is 10.0 Å². The van der Waals surface area contributed by atoms with Crippen LogP contribution in [0.15, 0.2) is 47.3 Å². The Morgan fingerprint density at radius 1 is 1.14 bits per heavy atom. The number of aromatic nitrogens is 1. The molecular formula is C21H16Cl2N2O3. The van der Waals surface area contributed by atoms with Gasteiger partial charge < -0.3 is 14.5 Å². The van der Waals surface area contributed by atoms with Crippen LogP contribution < -0.4 is 15.0 Å². The minimum absolute atomic E-state index is 0.0526. The minimum Gasteiger partial charge on any atom is -0.496 e. The van der Waals surface area contributed by atoms with E-state index >= 15 is 0 Å². The van der Waals surface area contributed by atoms with E-state index in [1.54, 1.807) is 50.4 Å². The first-order chi connectivity index (χ1) is 13.4. The number of nitriles is 1. The average Bonchev–Trinajstić information content (AvgIpc) is 2.67. The van der Waals surface area contributed by atoms with E-state index in [4.69, 9.17) is 32.7 Å². The lowest BCUT2D eigenvalue weighted by Crippen LogP contribution is -2.12. The summed E-state index contributed by atoms with van der Waals surface area (Å²) >= 11 is 12.3. The van der Waals surface area contributed by atoms with Gasteiger partial charge in [0.15, 0.2) is 5.75 Å². The number of H-pyrrole nitrogens is 1. The van der Waals surface area contributed by atoms with Crippen molar-refractivity contribution in [3.05, 3.63) is 79.7 Å². The third-order valence-electron chi connectivity index (χ3n) is 4.16. The van der Waals surface area contributed by atoms with Gasteiger partial charge in [0.25, 0.3) is 5.56 Å². The molecule has 0 aliphatic heterocycles. The monoisotopic (exact) mass is 414 g/mol. The molecule has 0 unspecified atom stereocenters. The van der Waals surface area contributed by atoms with Gasteiger partial charge >= 0.3 is 0 Å². The molecule has 5 nitrogen and oxygen atoms in total. The van der Waals surface area contributed by atoms with Gasteiger partial charge in [-0.15, -0.1) is 0 Å². The zero-order chi connectivity index (χ0) is 20.3. The molecule has 0 spiro atoms. The smallest absolute Gasteiger partial charge is 0.266 e. The Morgan fingerprint density at radius 3 is 2.50 bits per heavy atom. The number of methoxy groups -OCH3 is 1. The van der Waals surface area contributed by atoms with E-state index in [0.717, 1.165) is 5.56 Å². The van der Waals surface area contributed by atoms with Crippen molar-refractivity contribution in [1.29, 1.82) is 5.26 Å². The largest absolute Gasteiger partial charge is 0.496 e. The zero-order valence-corrected chi connectivity index (χ0v) is 16.7. The molecule has 1 aromatic heterocycles. The standard InChI is InChI=1S/C21H16Cl2N2O3/c1-12-8-15(16(10-24)21(26)25-12)13-6-7-19(27-2)14(9-13)11-28-20-17(22)4-3-5-18(20)23/h3-9H,11H2,1-2H3,(H,25,26). The number of hydrogen-bond acceptors (Lipinski definition) is 4. The number of nitrogens with zero attached hydrogens (tertiary/aromatic N) is 1. The van der Waals surface area contributed by atoms with Gasteiger partial charge in [0, 0.05) is 16.8 Å². The predicted molar refractivity (Wildman–Crippen MR) is 109 cm³/mol. The number of hydrogen-bond donors (Lipinski definition) is 1. The molecule has 3 aromatic rings. The summed E-state index contributed by atoms with van der Waals surface area (Å²) in [5.74, 6) is 0.981. The third-order valence-corrected chi connectivity index (χ3v) is 4.76. The van der Waals surface area contributed by atoms with Gasteiger partial charge in [-0.1, -0.05) is 35.3 Å². The van der Waals surface area contributed by atoms with Crippen LogP contribution in [0.4, 0.5) is 0 Å². The summed E-state index contributed by atoms with van der Waals surface area (Å²) in [6.07, 6.45) is 0. The van der Waals surface area contributed by atoms with Crippen molar-refractivity contribution < 1.29 is 9.47 Å². The number of halogens is 2. The third kappa shape index (κ3) is 3.99. The number of rotatable bonds is 5. The second-order valence-corrected chi connectivity index (χ2v) is 6.86. The number of aromatic amines is 1. The zero-order valence-electron chi connectivity index (χ0n) is 15.2. The molecule has 0 amide bonds. The maximum atomic E-state index is 12.1. The van der Waals surface area contributed by atoms with E-state index < -0.39 is 5.56 Å². The van der Waals surface area contributed by atoms with Gasteiger partial charge in [-0.05, 0) is 42.8 Å². The highest BCUT2D eigenvalue weighted by atomic mass is 35.5. The van der Waals surface area contributed by atoms with Crippen LogP contribution in [-0.4, -0.2) is 12.1 Å². The molecule has 0 fully saturated rings. The Morgan fingerprint density at radius 2 is 1.86 bits per heavy atom. The molecule has 142 valence electrons. The van der Waals surface area contributed by atoms with Gasteiger partial charge in [0.05, 0.1) is 17.2 Å². The molecule has 1 heterocycles. The van der Waals surface area contributed by atoms with Crippen molar-refractivity contribution >= 4 is 23.2 Å². The van der Waals surface area contributed by atoms with Crippen LogP contribution >= 0.6 is 23.2 Å². The fourth-order valence-electron chi connectivity index (χ4n) is 2.86. The summed E-state index contributed by atoms with van der Waals surface area (Å²) in [7, 11) is 1.55. The summed E-state index contributed by atoms with van der Waals surface area (Å²) in [4.78, 5) is 14.7. The van der Waals surface area contributed by atoms with Crippen molar-refractivity contribution in [3.63, 3.8) is 0 Å². The normalized spacial score (nSPS) is 10.4. The first-order valence-corrected chi connectivity index (χ1v) is 9.08. The summed E-state index contributed by atoms with van der Waals surface area (Å²) in [6.45, 7) is 1.91. The van der Waals surface area contributed by atoms with Crippen molar-refractivity contribution in [1.82, 2.24) is 4.98 Å². The molecule has 2 aromatic carbocycles. The van der Waals surface area contributed by atoms with Crippen LogP contribution in [0.5, 0.6) is 11.5 Å². The number of nitrogens with one attached hydrogen (secondary N) is 1. The molecule has 0 bridgehead atoms. The van der Waals surface area contributed by atoms with Crippen molar-refractivity contribution in [2.75, 3.05) is 7.11 Å². The van der Waals surface area contributed by atoms with Gasteiger partial charge in [-0.25, -0.2) is 0 Å². The average molecular weight is 415 g/mol. The Labute approximate surface area is 172 Å². The topological polar surface area (TPSA) is 75.1 Å². The van der Waals surface area contributed by atoms with E-state index in [1.807, 2.05) is 12.1 Å². The molecule has 3 rings (SSSR count). The second kappa shape index (κ2) is 8.39. The van der Waals surface area contributed by atoms with Crippen LogP contribution in [0.3, 0.4) is 0 Å². The predicted octanol–water partition coefficient (Wildman–Crippen LogP) is 5.12. The molecule has 0 saturated carbocycles. The fraction of sp³-hybridized carbons (Fsp3) is 0.143. The fourth-order valence-corrected chi connectivity index (χ4v) is 3.36. The molecule has 0 aliphatic rings. The van der Waals surface area contributed by atoms with Gasteiger partial charge in [0.2, 0.25) is 0 Å². The van der Waals surface area contributed by atoms with Crippen LogP contribution in [0.25, 0.3) is 11.1 Å². The summed E-state index contributed by atoms with van der Waals surface area (Å²) in [5, 5.41) is 10.2. The van der Waals surface area contributed by atoms with Gasteiger partial charge in [-0.2, -0.15) is 5.26 Å². The highest BCUT2D eigenvalue weighted by molar-refractivity contribution is 6.37. The Balaban J connectivity index is 2.02. The van der Waals surface area contributed by atoms with Gasteiger partial charge in [0.1, 0.15) is 24.0 Å². The van der Waals surface area contributed by atoms with Crippen molar-refractivity contribution in [2.45, 2.75) is 13.5 Å². The Hall–Kier alpha value is -2.94. The molecule has 1 N–H and O–H groups in total.